The number of ether oxygens (including phenoxy) is 1. The van der Waals surface area contributed by atoms with E-state index in [9.17, 15) is 13.6 Å². The molecule has 2 N–H and O–H groups in total. The zero-order valence-corrected chi connectivity index (χ0v) is 16.2. The van der Waals surface area contributed by atoms with E-state index in [1.165, 1.54) is 0 Å². The van der Waals surface area contributed by atoms with Crippen molar-refractivity contribution in [1.82, 2.24) is 4.90 Å². The van der Waals surface area contributed by atoms with Gasteiger partial charge in [0, 0.05) is 55.5 Å². The third-order valence-electron chi connectivity index (χ3n) is 8.10. The summed E-state index contributed by atoms with van der Waals surface area (Å²) in [5.41, 5.74) is 6.62. The van der Waals surface area contributed by atoms with Crippen molar-refractivity contribution in [3.8, 4) is 0 Å². The summed E-state index contributed by atoms with van der Waals surface area (Å²) < 4.78 is 33.5. The molecule has 0 radical (unpaired) electrons. The molecule has 6 heteroatoms. The van der Waals surface area contributed by atoms with Crippen LogP contribution in [-0.2, 0) is 10.3 Å². The molecule has 2 bridgehead atoms. The molecule has 28 heavy (non-hydrogen) atoms. The molecule has 1 heterocycles. The number of alkyl halides is 2. The van der Waals surface area contributed by atoms with Gasteiger partial charge < -0.3 is 10.5 Å². The summed E-state index contributed by atoms with van der Waals surface area (Å²) in [6, 6.07) is 7.83. The number of hydrogen-bond donors (Lipinski definition) is 1. The molecule has 1 aliphatic heterocycles. The molecule has 1 amide bonds. The SMILES string of the molecule is COC1(c2cccc(C(N)=O)c2)C2CCCC1CN([C@H]1C[C@@H]3[C@H](C1)C3(F)F)C2. The number of nitrogens with zero attached hydrogens (tertiary/aromatic N) is 1. The second-order valence-electron chi connectivity index (χ2n) is 9.23. The van der Waals surface area contributed by atoms with Crippen molar-refractivity contribution in [2.75, 3.05) is 20.2 Å². The molecule has 4 nitrogen and oxygen atoms in total. The van der Waals surface area contributed by atoms with Gasteiger partial charge in [0.1, 0.15) is 5.60 Å². The van der Waals surface area contributed by atoms with E-state index in [-0.39, 0.29) is 6.04 Å². The molecule has 5 rings (SSSR count). The third kappa shape index (κ3) is 2.50. The summed E-state index contributed by atoms with van der Waals surface area (Å²) in [5, 5.41) is 0. The molecule has 0 aromatic heterocycles. The summed E-state index contributed by atoms with van der Waals surface area (Å²) in [6.45, 7) is 1.75. The summed E-state index contributed by atoms with van der Waals surface area (Å²) in [4.78, 5) is 14.2. The van der Waals surface area contributed by atoms with Crippen LogP contribution in [0, 0.1) is 23.7 Å². The van der Waals surface area contributed by atoms with Crippen LogP contribution in [0.5, 0.6) is 0 Å². The van der Waals surface area contributed by atoms with Crippen molar-refractivity contribution in [1.29, 1.82) is 0 Å². The summed E-state index contributed by atoms with van der Waals surface area (Å²) >= 11 is 0. The molecule has 4 fully saturated rings. The minimum Gasteiger partial charge on any atom is -0.373 e. The number of halogens is 2. The van der Waals surface area contributed by atoms with E-state index < -0.39 is 29.3 Å². The van der Waals surface area contributed by atoms with Crippen LogP contribution < -0.4 is 5.73 Å². The molecule has 4 aliphatic rings. The van der Waals surface area contributed by atoms with E-state index in [4.69, 9.17) is 10.5 Å². The van der Waals surface area contributed by atoms with Crippen molar-refractivity contribution in [3.05, 3.63) is 35.4 Å². The molecule has 5 atom stereocenters. The fourth-order valence-corrected chi connectivity index (χ4v) is 6.69. The average Bonchev–Trinajstić information content (AvgIpc) is 3.01. The predicted molar refractivity (Wildman–Crippen MR) is 101 cm³/mol. The predicted octanol–water partition coefficient (Wildman–Crippen LogP) is 3.40. The number of carbonyl (C=O) groups is 1. The standard InChI is InChI=1S/C22H28F2N2O2/c1-28-21(14-5-2-4-13(8-14)20(25)27)15-6-3-7-16(21)12-26(11-15)17-9-18-19(10-17)22(18,23)24/h2,4-5,8,15-19H,3,6-7,9-12H2,1H3,(H2,25,27)/t15?,16?,17-,18+,19-,21?. The van der Waals surface area contributed by atoms with Crippen molar-refractivity contribution < 1.29 is 18.3 Å². The first-order valence-electron chi connectivity index (χ1n) is 10.4. The number of methoxy groups -OCH3 is 1. The Morgan fingerprint density at radius 2 is 1.82 bits per heavy atom. The fourth-order valence-electron chi connectivity index (χ4n) is 6.69. The first kappa shape index (κ1) is 18.5. The normalized spacial score (nSPS) is 41.5. The number of benzene rings is 1. The highest BCUT2D eigenvalue weighted by atomic mass is 19.3. The lowest BCUT2D eigenvalue weighted by Crippen LogP contribution is -2.60. The van der Waals surface area contributed by atoms with Gasteiger partial charge in [0.25, 0.3) is 5.92 Å². The van der Waals surface area contributed by atoms with Crippen LogP contribution in [0.25, 0.3) is 0 Å². The van der Waals surface area contributed by atoms with Gasteiger partial charge in [-0.15, -0.1) is 0 Å². The van der Waals surface area contributed by atoms with Crippen molar-refractivity contribution in [2.45, 2.75) is 49.7 Å². The van der Waals surface area contributed by atoms with Crippen LogP contribution >= 0.6 is 0 Å². The molecule has 152 valence electrons. The summed E-state index contributed by atoms with van der Waals surface area (Å²) in [5.74, 6) is -3.02. The van der Waals surface area contributed by atoms with Gasteiger partial charge in [-0.2, -0.15) is 0 Å². The van der Waals surface area contributed by atoms with Gasteiger partial charge in [-0.05, 0) is 43.4 Å². The fraction of sp³-hybridized carbons (Fsp3) is 0.682. The van der Waals surface area contributed by atoms with E-state index in [2.05, 4.69) is 4.90 Å². The number of likely N-dealkylation sites (tertiary alicyclic amines) is 1. The molecule has 1 aromatic rings. The minimum atomic E-state index is -2.41. The maximum atomic E-state index is 13.6. The van der Waals surface area contributed by atoms with Crippen LogP contribution in [0.4, 0.5) is 8.78 Å². The van der Waals surface area contributed by atoms with Gasteiger partial charge in [-0.1, -0.05) is 18.6 Å². The number of rotatable bonds is 4. The Bertz CT molecular complexity index is 770. The molecule has 0 spiro atoms. The number of fused-ring (bicyclic) bond motifs is 3. The summed E-state index contributed by atoms with van der Waals surface area (Å²) in [7, 11) is 1.77. The third-order valence-corrected chi connectivity index (χ3v) is 8.10. The topological polar surface area (TPSA) is 55.6 Å². The molecular formula is C22H28F2N2O2. The molecule has 1 saturated heterocycles. The van der Waals surface area contributed by atoms with Crippen LogP contribution in [0.3, 0.4) is 0 Å². The van der Waals surface area contributed by atoms with Gasteiger partial charge in [-0.25, -0.2) is 8.78 Å². The van der Waals surface area contributed by atoms with Crippen molar-refractivity contribution in [2.24, 2.45) is 29.4 Å². The smallest absolute Gasteiger partial charge is 0.254 e. The molecule has 3 saturated carbocycles. The Labute approximate surface area is 164 Å². The van der Waals surface area contributed by atoms with Gasteiger partial charge >= 0.3 is 0 Å². The quantitative estimate of drug-likeness (QED) is 0.857. The van der Waals surface area contributed by atoms with Gasteiger partial charge in [-0.3, -0.25) is 9.69 Å². The van der Waals surface area contributed by atoms with Crippen molar-refractivity contribution in [3.63, 3.8) is 0 Å². The van der Waals surface area contributed by atoms with Gasteiger partial charge in [0.05, 0.1) is 0 Å². The van der Waals surface area contributed by atoms with E-state index in [0.717, 1.165) is 37.9 Å². The Morgan fingerprint density at radius 3 is 2.39 bits per heavy atom. The summed E-state index contributed by atoms with van der Waals surface area (Å²) in [6.07, 6.45) is 4.54. The maximum Gasteiger partial charge on any atom is 0.254 e. The molecular weight excluding hydrogens is 362 g/mol. The highest BCUT2D eigenvalue weighted by Gasteiger charge is 2.72. The zero-order chi connectivity index (χ0) is 19.7. The van der Waals surface area contributed by atoms with Crippen LogP contribution in [0.15, 0.2) is 24.3 Å². The van der Waals surface area contributed by atoms with Crippen molar-refractivity contribution >= 4 is 5.91 Å². The largest absolute Gasteiger partial charge is 0.373 e. The lowest BCUT2D eigenvalue weighted by Gasteiger charge is -2.56. The van der Waals surface area contributed by atoms with Gasteiger partial charge in [0.15, 0.2) is 0 Å². The van der Waals surface area contributed by atoms with Crippen LogP contribution in [-0.4, -0.2) is 43.0 Å². The lowest BCUT2D eigenvalue weighted by atomic mass is 9.62. The first-order valence-corrected chi connectivity index (χ1v) is 10.4. The zero-order valence-electron chi connectivity index (χ0n) is 16.2. The molecule has 1 aromatic carbocycles. The van der Waals surface area contributed by atoms with Crippen LogP contribution in [0.1, 0.15) is 48.0 Å². The first-order chi connectivity index (χ1) is 13.4. The monoisotopic (exact) mass is 390 g/mol. The highest BCUT2D eigenvalue weighted by molar-refractivity contribution is 5.92. The van der Waals surface area contributed by atoms with Gasteiger partial charge in [0.2, 0.25) is 5.91 Å². The Morgan fingerprint density at radius 1 is 1.18 bits per heavy atom. The second kappa shape index (κ2) is 6.23. The number of piperidine rings is 1. The number of carbonyl (C=O) groups excluding carboxylic acids is 1. The van der Waals surface area contributed by atoms with E-state index >= 15 is 0 Å². The van der Waals surface area contributed by atoms with Crippen LogP contribution in [0.2, 0.25) is 0 Å². The van der Waals surface area contributed by atoms with E-state index in [0.29, 0.717) is 30.2 Å². The second-order valence-corrected chi connectivity index (χ2v) is 9.23. The number of amides is 1. The minimum absolute atomic E-state index is 0.282. The maximum absolute atomic E-state index is 13.6. The van der Waals surface area contributed by atoms with E-state index in [1.807, 2.05) is 18.2 Å². The molecule has 2 unspecified atom stereocenters. The number of primary amides is 1. The molecule has 3 aliphatic carbocycles. The number of hydrogen-bond acceptors (Lipinski definition) is 3. The highest BCUT2D eigenvalue weighted by Crippen LogP contribution is 2.65. The van der Waals surface area contributed by atoms with E-state index in [1.54, 1.807) is 13.2 Å². The Kier molecular flexibility index (Phi) is 4.12. The number of nitrogens with two attached hydrogens (primary N) is 1. The Balaban J connectivity index is 1.42. The lowest BCUT2D eigenvalue weighted by molar-refractivity contribution is -0.175. The Hall–Kier alpha value is -1.53. The average molecular weight is 390 g/mol.